The van der Waals surface area contributed by atoms with Crippen LogP contribution in [0.3, 0.4) is 0 Å². The Balaban J connectivity index is 1.93. The van der Waals surface area contributed by atoms with E-state index in [0.29, 0.717) is 16.9 Å². The van der Waals surface area contributed by atoms with E-state index in [1.54, 1.807) is 42.5 Å². The Labute approximate surface area is 205 Å². The molecule has 4 rings (SSSR count). The van der Waals surface area contributed by atoms with Crippen molar-refractivity contribution < 1.29 is 37.3 Å². The maximum Gasteiger partial charge on any atom is 0.573 e. The number of benzene rings is 3. The molecule has 1 aliphatic rings. The molecule has 9 heteroatoms. The van der Waals surface area contributed by atoms with Gasteiger partial charge in [-0.25, -0.2) is 0 Å². The first-order valence-electron chi connectivity index (χ1n) is 10.9. The van der Waals surface area contributed by atoms with Crippen LogP contribution >= 0.6 is 0 Å². The summed E-state index contributed by atoms with van der Waals surface area (Å²) in [5.41, 5.74) is 2.38. The Bertz CT molecular complexity index is 1380. The van der Waals surface area contributed by atoms with Crippen LogP contribution in [0.15, 0.2) is 72.3 Å². The third-order valence-corrected chi connectivity index (χ3v) is 5.96. The summed E-state index contributed by atoms with van der Waals surface area (Å²) in [7, 11) is 1.45. The highest BCUT2D eigenvalue weighted by molar-refractivity contribution is 6.51. The maximum absolute atomic E-state index is 13.3. The van der Waals surface area contributed by atoms with E-state index < -0.39 is 35.6 Å². The third-order valence-electron chi connectivity index (χ3n) is 5.96. The van der Waals surface area contributed by atoms with E-state index in [-0.39, 0.29) is 11.3 Å². The van der Waals surface area contributed by atoms with Crippen molar-refractivity contribution in [2.45, 2.75) is 26.3 Å². The van der Waals surface area contributed by atoms with Gasteiger partial charge in [0.05, 0.1) is 18.7 Å². The van der Waals surface area contributed by atoms with Gasteiger partial charge >= 0.3 is 6.36 Å². The molecule has 36 heavy (non-hydrogen) atoms. The second-order valence-corrected chi connectivity index (χ2v) is 8.29. The highest BCUT2D eigenvalue weighted by Crippen LogP contribution is 2.43. The number of anilines is 1. The number of rotatable bonds is 5. The lowest BCUT2D eigenvalue weighted by Gasteiger charge is -2.26. The van der Waals surface area contributed by atoms with E-state index in [0.717, 1.165) is 28.2 Å². The van der Waals surface area contributed by atoms with Crippen molar-refractivity contribution in [1.29, 1.82) is 0 Å². The van der Waals surface area contributed by atoms with Gasteiger partial charge in [-0.1, -0.05) is 30.3 Å². The average molecular weight is 497 g/mol. The highest BCUT2D eigenvalue weighted by atomic mass is 19.4. The molecule has 1 atom stereocenters. The summed E-state index contributed by atoms with van der Waals surface area (Å²) in [5, 5.41) is 11.2. The van der Waals surface area contributed by atoms with Crippen LogP contribution in [0.5, 0.6) is 11.5 Å². The van der Waals surface area contributed by atoms with Crippen molar-refractivity contribution in [3.63, 3.8) is 0 Å². The number of alkyl halides is 3. The summed E-state index contributed by atoms with van der Waals surface area (Å²) in [6.45, 7) is 3.74. The minimum atomic E-state index is -4.94. The van der Waals surface area contributed by atoms with Gasteiger partial charge in [-0.05, 0) is 60.9 Å². The normalized spacial score (nSPS) is 17.4. The first-order valence-corrected chi connectivity index (χ1v) is 10.9. The standard InChI is InChI=1S/C27H22F3NO5/c1-15-10-11-18(12-16(15)2)24(32)22-23(17-6-4-8-20(13-17)35-3)31(26(34)25(22)33)19-7-5-9-21(14-19)36-27(28,29)30/h4-14,23,32H,1-3H3/b24-22+. The number of ketones is 1. The van der Waals surface area contributed by atoms with Crippen molar-refractivity contribution in [2.24, 2.45) is 0 Å². The molecule has 1 N–H and O–H groups in total. The topological polar surface area (TPSA) is 76.1 Å². The molecule has 1 fully saturated rings. The summed E-state index contributed by atoms with van der Waals surface area (Å²) in [5.74, 6) is -2.49. The Morgan fingerprint density at radius 1 is 0.917 bits per heavy atom. The zero-order valence-electron chi connectivity index (χ0n) is 19.6. The van der Waals surface area contributed by atoms with E-state index in [2.05, 4.69) is 4.74 Å². The number of methoxy groups -OCH3 is 1. The minimum absolute atomic E-state index is 0.00851. The molecule has 1 saturated heterocycles. The Morgan fingerprint density at radius 2 is 1.61 bits per heavy atom. The number of ether oxygens (including phenoxy) is 2. The van der Waals surface area contributed by atoms with Crippen molar-refractivity contribution in [3.8, 4) is 11.5 Å². The van der Waals surface area contributed by atoms with Gasteiger partial charge in [0.15, 0.2) is 0 Å². The lowest BCUT2D eigenvalue weighted by atomic mass is 9.94. The number of amides is 1. The predicted octanol–water partition coefficient (Wildman–Crippen LogP) is 5.84. The molecule has 3 aromatic carbocycles. The fourth-order valence-corrected chi connectivity index (χ4v) is 4.10. The highest BCUT2D eigenvalue weighted by Gasteiger charge is 2.47. The van der Waals surface area contributed by atoms with Crippen molar-refractivity contribution in [3.05, 3.63) is 94.6 Å². The number of aryl methyl sites for hydroxylation is 2. The van der Waals surface area contributed by atoms with Crippen LogP contribution in [0, 0.1) is 13.8 Å². The van der Waals surface area contributed by atoms with Crippen molar-refractivity contribution in [1.82, 2.24) is 0 Å². The van der Waals surface area contributed by atoms with Gasteiger partial charge in [0.1, 0.15) is 17.3 Å². The molecule has 3 aromatic rings. The zero-order valence-corrected chi connectivity index (χ0v) is 19.6. The molecule has 0 spiro atoms. The number of carbonyl (C=O) groups excluding carboxylic acids is 2. The lowest BCUT2D eigenvalue weighted by molar-refractivity contribution is -0.274. The fourth-order valence-electron chi connectivity index (χ4n) is 4.10. The van der Waals surface area contributed by atoms with Gasteiger partial charge in [-0.15, -0.1) is 13.2 Å². The summed E-state index contributed by atoms with van der Waals surface area (Å²) in [4.78, 5) is 27.5. The summed E-state index contributed by atoms with van der Waals surface area (Å²) < 4.78 is 47.7. The smallest absolute Gasteiger partial charge is 0.507 e. The van der Waals surface area contributed by atoms with Crippen LogP contribution in [0.25, 0.3) is 5.76 Å². The van der Waals surface area contributed by atoms with E-state index in [1.165, 1.54) is 19.2 Å². The zero-order chi connectivity index (χ0) is 26.2. The lowest BCUT2D eigenvalue weighted by Crippen LogP contribution is -2.29. The molecule has 6 nitrogen and oxygen atoms in total. The second kappa shape index (κ2) is 9.41. The third kappa shape index (κ3) is 4.77. The van der Waals surface area contributed by atoms with Crippen molar-refractivity contribution >= 4 is 23.1 Å². The average Bonchev–Trinajstić information content (AvgIpc) is 3.10. The quantitative estimate of drug-likeness (QED) is 0.272. The monoisotopic (exact) mass is 497 g/mol. The molecule has 0 aliphatic carbocycles. The van der Waals surface area contributed by atoms with Gasteiger partial charge in [0.2, 0.25) is 0 Å². The van der Waals surface area contributed by atoms with Crippen LogP contribution < -0.4 is 14.4 Å². The number of hydrogen-bond acceptors (Lipinski definition) is 5. The number of aliphatic hydroxyl groups excluding tert-OH is 1. The van der Waals surface area contributed by atoms with Gasteiger partial charge < -0.3 is 14.6 Å². The summed E-state index contributed by atoms with van der Waals surface area (Å²) in [6, 6.07) is 15.3. The molecule has 186 valence electrons. The van der Waals surface area contributed by atoms with Crippen LogP contribution in [-0.2, 0) is 9.59 Å². The van der Waals surface area contributed by atoms with Crippen molar-refractivity contribution in [2.75, 3.05) is 12.0 Å². The van der Waals surface area contributed by atoms with E-state index >= 15 is 0 Å². The molecular weight excluding hydrogens is 475 g/mol. The first kappa shape index (κ1) is 24.8. The predicted molar refractivity (Wildman–Crippen MR) is 127 cm³/mol. The van der Waals surface area contributed by atoms with Crippen LogP contribution in [0.4, 0.5) is 18.9 Å². The summed E-state index contributed by atoms with van der Waals surface area (Å²) in [6.07, 6.45) is -4.94. The molecular formula is C27H22F3NO5. The number of aliphatic hydroxyl groups is 1. The summed E-state index contributed by atoms with van der Waals surface area (Å²) >= 11 is 0. The first-order chi connectivity index (χ1) is 17.0. The number of halogens is 3. The number of hydrogen-bond donors (Lipinski definition) is 1. The van der Waals surface area contributed by atoms with Gasteiger partial charge in [0.25, 0.3) is 11.7 Å². The SMILES string of the molecule is COc1cccc(C2/C(=C(\O)c3ccc(C)c(C)c3)C(=O)C(=O)N2c2cccc(OC(F)(F)F)c2)c1. The molecule has 0 saturated carbocycles. The number of nitrogens with zero attached hydrogens (tertiary/aromatic N) is 1. The molecule has 1 heterocycles. The van der Waals surface area contributed by atoms with E-state index in [9.17, 15) is 27.9 Å². The molecule has 1 aliphatic heterocycles. The van der Waals surface area contributed by atoms with Gasteiger partial charge in [-0.3, -0.25) is 14.5 Å². The van der Waals surface area contributed by atoms with Crippen LogP contribution in [-0.4, -0.2) is 30.3 Å². The molecule has 1 amide bonds. The molecule has 1 unspecified atom stereocenters. The van der Waals surface area contributed by atoms with E-state index in [1.807, 2.05) is 13.8 Å². The van der Waals surface area contributed by atoms with Crippen LogP contribution in [0.1, 0.15) is 28.3 Å². The molecule has 0 aromatic heterocycles. The minimum Gasteiger partial charge on any atom is -0.507 e. The second-order valence-electron chi connectivity index (χ2n) is 8.29. The Morgan fingerprint density at radius 3 is 2.28 bits per heavy atom. The van der Waals surface area contributed by atoms with E-state index in [4.69, 9.17) is 4.74 Å². The fraction of sp³-hybridized carbons (Fsp3) is 0.185. The number of Topliss-reactive ketones (excluding diaryl/α,β-unsaturated/α-hetero) is 1. The largest absolute Gasteiger partial charge is 0.573 e. The maximum atomic E-state index is 13.3. The molecule has 0 radical (unpaired) electrons. The molecule has 0 bridgehead atoms. The van der Waals surface area contributed by atoms with Crippen LogP contribution in [0.2, 0.25) is 0 Å². The Kier molecular flexibility index (Phi) is 6.49. The van der Waals surface area contributed by atoms with Gasteiger partial charge in [-0.2, -0.15) is 0 Å². The Hall–Kier alpha value is -4.27. The number of carbonyl (C=O) groups is 2. The van der Waals surface area contributed by atoms with Gasteiger partial charge in [0, 0.05) is 17.3 Å².